The van der Waals surface area contributed by atoms with Crippen LogP contribution in [0.2, 0.25) is 0 Å². The number of carbonyl (C=O) groups excluding carboxylic acids is 1. The van der Waals surface area contributed by atoms with Crippen LogP contribution in [0.3, 0.4) is 0 Å². The van der Waals surface area contributed by atoms with Gasteiger partial charge in [-0.05, 0) is 24.6 Å². The Hall–Kier alpha value is -2.68. The Balaban J connectivity index is 1.63. The van der Waals surface area contributed by atoms with Crippen molar-refractivity contribution in [2.24, 2.45) is 10.7 Å². The molecule has 2 aromatic rings. The summed E-state index contributed by atoms with van der Waals surface area (Å²) in [5.74, 6) is 1.38. The highest BCUT2D eigenvalue weighted by atomic mass is 32.1. The number of aromatic nitrogens is 2. The molecule has 150 valence electrons. The fraction of sp³-hybridized carbons (Fsp3) is 0.474. The Morgan fingerprint density at radius 3 is 2.71 bits per heavy atom. The standard InChI is InChI=1S/C19H27N7OS/c1-3-16-23-19(28-24-16)26-10-8-25(9-11-26)18(21-4-2)22-13-14-6-5-7-15(12-14)17(20)27/h5-7,12H,3-4,8-11,13H2,1-2H3,(H2,20,27)(H,21,22). The summed E-state index contributed by atoms with van der Waals surface area (Å²) in [6.07, 6.45) is 0.866. The zero-order chi connectivity index (χ0) is 19.9. The highest BCUT2D eigenvalue weighted by molar-refractivity contribution is 7.09. The van der Waals surface area contributed by atoms with Crippen LogP contribution in [0.4, 0.5) is 5.13 Å². The second-order valence-corrected chi connectivity index (χ2v) is 7.29. The molecule has 0 aliphatic carbocycles. The minimum absolute atomic E-state index is 0.420. The van der Waals surface area contributed by atoms with Crippen molar-refractivity contribution >= 4 is 28.5 Å². The molecule has 1 aliphatic rings. The largest absolute Gasteiger partial charge is 0.366 e. The van der Waals surface area contributed by atoms with E-state index in [1.165, 1.54) is 11.5 Å². The first-order valence-corrected chi connectivity index (χ1v) is 10.4. The second-order valence-electron chi connectivity index (χ2n) is 6.56. The van der Waals surface area contributed by atoms with Gasteiger partial charge in [0.25, 0.3) is 0 Å². The number of nitrogens with two attached hydrogens (primary N) is 1. The first-order valence-electron chi connectivity index (χ1n) is 9.60. The van der Waals surface area contributed by atoms with Crippen LogP contribution in [0.25, 0.3) is 0 Å². The minimum Gasteiger partial charge on any atom is -0.366 e. The Labute approximate surface area is 169 Å². The predicted molar refractivity (Wildman–Crippen MR) is 113 cm³/mol. The van der Waals surface area contributed by atoms with E-state index in [0.29, 0.717) is 12.1 Å². The van der Waals surface area contributed by atoms with E-state index in [9.17, 15) is 4.79 Å². The van der Waals surface area contributed by atoms with Crippen molar-refractivity contribution in [3.8, 4) is 0 Å². The molecule has 1 fully saturated rings. The van der Waals surface area contributed by atoms with E-state index in [-0.39, 0.29) is 0 Å². The molecule has 0 radical (unpaired) electrons. The zero-order valence-electron chi connectivity index (χ0n) is 16.4. The van der Waals surface area contributed by atoms with E-state index in [4.69, 9.17) is 10.7 Å². The van der Waals surface area contributed by atoms with Gasteiger partial charge in [0.15, 0.2) is 5.96 Å². The van der Waals surface area contributed by atoms with Crippen LogP contribution in [-0.4, -0.2) is 58.8 Å². The number of piperazine rings is 1. The number of rotatable bonds is 6. The molecule has 0 atom stereocenters. The summed E-state index contributed by atoms with van der Waals surface area (Å²) in [7, 11) is 0. The Bertz CT molecular complexity index is 827. The molecular formula is C19H27N7OS. The van der Waals surface area contributed by atoms with Gasteiger partial charge in [0.1, 0.15) is 5.82 Å². The van der Waals surface area contributed by atoms with Crippen LogP contribution in [0.15, 0.2) is 29.3 Å². The van der Waals surface area contributed by atoms with Crippen LogP contribution in [0.1, 0.15) is 35.6 Å². The smallest absolute Gasteiger partial charge is 0.248 e. The first-order chi connectivity index (χ1) is 13.6. The molecule has 0 spiro atoms. The van der Waals surface area contributed by atoms with Gasteiger partial charge in [0.05, 0.1) is 6.54 Å². The molecule has 2 heterocycles. The van der Waals surface area contributed by atoms with Gasteiger partial charge in [-0.2, -0.15) is 4.37 Å². The quantitative estimate of drug-likeness (QED) is 0.562. The van der Waals surface area contributed by atoms with Gasteiger partial charge in [-0.1, -0.05) is 19.1 Å². The van der Waals surface area contributed by atoms with Crippen LogP contribution in [0, 0.1) is 0 Å². The minimum atomic E-state index is -0.420. The molecule has 3 N–H and O–H groups in total. The third kappa shape index (κ3) is 4.98. The highest BCUT2D eigenvalue weighted by Crippen LogP contribution is 2.19. The van der Waals surface area contributed by atoms with Crippen molar-refractivity contribution in [2.75, 3.05) is 37.6 Å². The van der Waals surface area contributed by atoms with Gasteiger partial charge in [0, 0.05) is 56.2 Å². The summed E-state index contributed by atoms with van der Waals surface area (Å²) in [6, 6.07) is 7.31. The monoisotopic (exact) mass is 401 g/mol. The van der Waals surface area contributed by atoms with E-state index < -0.39 is 5.91 Å². The van der Waals surface area contributed by atoms with Crippen LogP contribution >= 0.6 is 11.5 Å². The number of guanidine groups is 1. The maximum atomic E-state index is 11.4. The molecule has 0 unspecified atom stereocenters. The number of hydrogen-bond donors (Lipinski definition) is 2. The summed E-state index contributed by atoms with van der Waals surface area (Å²) in [6.45, 7) is 8.95. The predicted octanol–water partition coefficient (Wildman–Crippen LogP) is 1.49. The summed E-state index contributed by atoms with van der Waals surface area (Å²) in [5, 5.41) is 4.37. The van der Waals surface area contributed by atoms with Crippen LogP contribution in [-0.2, 0) is 13.0 Å². The summed E-state index contributed by atoms with van der Waals surface area (Å²) in [4.78, 5) is 25.3. The van der Waals surface area contributed by atoms with Gasteiger partial charge < -0.3 is 20.9 Å². The van der Waals surface area contributed by atoms with E-state index >= 15 is 0 Å². The number of nitrogens with zero attached hydrogens (tertiary/aromatic N) is 5. The Morgan fingerprint density at radius 1 is 1.29 bits per heavy atom. The van der Waals surface area contributed by atoms with Crippen LogP contribution in [0.5, 0.6) is 0 Å². The van der Waals surface area contributed by atoms with Gasteiger partial charge >= 0.3 is 0 Å². The summed E-state index contributed by atoms with van der Waals surface area (Å²) < 4.78 is 4.38. The van der Waals surface area contributed by atoms with Gasteiger partial charge in [-0.3, -0.25) is 4.79 Å². The van der Waals surface area contributed by atoms with E-state index in [2.05, 4.69) is 38.3 Å². The number of amides is 1. The number of benzene rings is 1. The molecule has 0 bridgehead atoms. The fourth-order valence-electron chi connectivity index (χ4n) is 3.04. The molecule has 9 heteroatoms. The van der Waals surface area contributed by atoms with Crippen molar-refractivity contribution in [1.82, 2.24) is 19.6 Å². The molecular weight excluding hydrogens is 374 g/mol. The summed E-state index contributed by atoms with van der Waals surface area (Å²) >= 11 is 1.47. The molecule has 1 aliphatic heterocycles. The summed E-state index contributed by atoms with van der Waals surface area (Å²) in [5.41, 5.74) is 6.84. The highest BCUT2D eigenvalue weighted by Gasteiger charge is 2.22. The number of carbonyl (C=O) groups is 1. The lowest BCUT2D eigenvalue weighted by Gasteiger charge is -2.36. The number of anilines is 1. The van der Waals surface area contributed by atoms with Gasteiger partial charge in [-0.15, -0.1) is 0 Å². The van der Waals surface area contributed by atoms with Crippen molar-refractivity contribution in [3.63, 3.8) is 0 Å². The molecule has 1 aromatic carbocycles. The van der Waals surface area contributed by atoms with Crippen molar-refractivity contribution in [1.29, 1.82) is 0 Å². The average molecular weight is 402 g/mol. The average Bonchev–Trinajstić information content (AvgIpc) is 3.21. The number of primary amides is 1. The molecule has 1 amide bonds. The number of hydrogen-bond acceptors (Lipinski definition) is 6. The van der Waals surface area contributed by atoms with Crippen molar-refractivity contribution in [2.45, 2.75) is 26.8 Å². The van der Waals surface area contributed by atoms with Gasteiger partial charge in [0.2, 0.25) is 11.0 Å². The van der Waals surface area contributed by atoms with Gasteiger partial charge in [-0.25, -0.2) is 9.98 Å². The maximum absolute atomic E-state index is 11.4. The Morgan fingerprint density at radius 2 is 2.07 bits per heavy atom. The first kappa shape index (κ1) is 20.1. The normalized spacial score (nSPS) is 15.0. The maximum Gasteiger partial charge on any atom is 0.248 e. The molecule has 1 saturated heterocycles. The second kappa shape index (κ2) is 9.50. The number of aliphatic imine (C=N–C) groups is 1. The van der Waals surface area contributed by atoms with E-state index in [1.807, 2.05) is 12.1 Å². The molecule has 0 saturated carbocycles. The van der Waals surface area contributed by atoms with Crippen LogP contribution < -0.4 is 16.0 Å². The number of nitrogens with one attached hydrogen (secondary N) is 1. The lowest BCUT2D eigenvalue weighted by atomic mass is 10.1. The fourth-order valence-corrected chi connectivity index (χ4v) is 3.84. The molecule has 1 aromatic heterocycles. The third-order valence-electron chi connectivity index (χ3n) is 4.58. The zero-order valence-corrected chi connectivity index (χ0v) is 17.2. The topological polar surface area (TPSA) is 99.7 Å². The number of aryl methyl sites for hydroxylation is 1. The van der Waals surface area contributed by atoms with Crippen molar-refractivity contribution < 1.29 is 4.79 Å². The lowest BCUT2D eigenvalue weighted by Crippen LogP contribution is -2.52. The molecule has 28 heavy (non-hydrogen) atoms. The molecule has 8 nitrogen and oxygen atoms in total. The lowest BCUT2D eigenvalue weighted by molar-refractivity contribution is 0.1000. The van der Waals surface area contributed by atoms with E-state index in [1.54, 1.807) is 12.1 Å². The Kier molecular flexibility index (Phi) is 6.80. The third-order valence-corrected chi connectivity index (χ3v) is 5.40. The van der Waals surface area contributed by atoms with Crippen molar-refractivity contribution in [3.05, 3.63) is 41.2 Å². The SMILES string of the molecule is CCNC(=NCc1cccc(C(N)=O)c1)N1CCN(c2nc(CC)ns2)CC1. The molecule has 3 rings (SSSR count). The van der Waals surface area contributed by atoms with E-state index in [0.717, 1.165) is 61.6 Å².